The van der Waals surface area contributed by atoms with Crippen LogP contribution in [0.4, 0.5) is 10.5 Å². The third kappa shape index (κ3) is 7.84. The Morgan fingerprint density at radius 1 is 0.971 bits per heavy atom. The molecule has 0 aliphatic heterocycles. The second kappa shape index (κ2) is 11.9. The maximum absolute atomic E-state index is 13.7. The second-order valence-electron chi connectivity index (χ2n) is 9.99. The van der Waals surface area contributed by atoms with Crippen molar-refractivity contribution >= 4 is 23.6 Å². The quantitative estimate of drug-likeness (QED) is 0.519. The minimum atomic E-state index is -0.891. The van der Waals surface area contributed by atoms with Crippen LogP contribution < -0.4 is 10.6 Å². The number of para-hydroxylation sites is 1. The van der Waals surface area contributed by atoms with Crippen LogP contribution in [-0.4, -0.2) is 40.5 Å². The average Bonchev–Trinajstić information content (AvgIpc) is 2.77. The molecule has 0 fully saturated rings. The van der Waals surface area contributed by atoms with Crippen LogP contribution in [0.15, 0.2) is 48.5 Å². The number of nitrogens with zero attached hydrogens (tertiary/aromatic N) is 1. The lowest BCUT2D eigenvalue weighted by molar-refractivity contribution is -0.143. The van der Waals surface area contributed by atoms with Gasteiger partial charge in [-0.3, -0.25) is 9.59 Å². The number of amides is 3. The van der Waals surface area contributed by atoms with Crippen LogP contribution in [-0.2, 0) is 14.3 Å². The molecule has 0 aliphatic carbocycles. The highest BCUT2D eigenvalue weighted by molar-refractivity contribution is 5.99. The molecule has 7 nitrogen and oxygen atoms in total. The Labute approximate surface area is 209 Å². The lowest BCUT2D eigenvalue weighted by atomic mass is 9.99. The molecular formula is C28H39N3O4. The van der Waals surface area contributed by atoms with Crippen molar-refractivity contribution in [1.29, 1.82) is 0 Å². The fraction of sp³-hybridized carbons (Fsp3) is 0.464. The van der Waals surface area contributed by atoms with Gasteiger partial charge in [0.25, 0.3) is 5.91 Å². The van der Waals surface area contributed by atoms with Crippen LogP contribution in [0.25, 0.3) is 0 Å². The van der Waals surface area contributed by atoms with E-state index in [-0.39, 0.29) is 17.9 Å². The smallest absolute Gasteiger partial charge is 0.408 e. The number of carbonyl (C=O) groups excluding carboxylic acids is 3. The van der Waals surface area contributed by atoms with Crippen LogP contribution in [0, 0.1) is 13.8 Å². The Morgan fingerprint density at radius 2 is 1.57 bits per heavy atom. The number of nitrogens with one attached hydrogen (secondary N) is 2. The summed E-state index contributed by atoms with van der Waals surface area (Å²) in [6.45, 7) is 14.6. The van der Waals surface area contributed by atoms with Gasteiger partial charge in [0.15, 0.2) is 0 Å². The van der Waals surface area contributed by atoms with E-state index >= 15 is 0 Å². The number of benzene rings is 2. The Morgan fingerprint density at radius 3 is 2.11 bits per heavy atom. The lowest BCUT2D eigenvalue weighted by Crippen LogP contribution is -2.53. The van der Waals surface area contributed by atoms with E-state index in [0.717, 1.165) is 11.1 Å². The van der Waals surface area contributed by atoms with Crippen LogP contribution in [0.5, 0.6) is 0 Å². The summed E-state index contributed by atoms with van der Waals surface area (Å²) in [4.78, 5) is 41.4. The summed E-state index contributed by atoms with van der Waals surface area (Å²) in [5.41, 5.74) is 2.66. The molecule has 0 saturated carbocycles. The summed E-state index contributed by atoms with van der Waals surface area (Å²) in [6, 6.07) is 13.0. The van der Waals surface area contributed by atoms with Crippen molar-refractivity contribution < 1.29 is 19.1 Å². The van der Waals surface area contributed by atoms with E-state index in [9.17, 15) is 14.4 Å². The average molecular weight is 482 g/mol. The zero-order valence-electron chi connectivity index (χ0n) is 22.1. The van der Waals surface area contributed by atoms with Crippen molar-refractivity contribution in [2.24, 2.45) is 0 Å². The number of anilines is 1. The van der Waals surface area contributed by atoms with Crippen molar-refractivity contribution in [2.75, 3.05) is 5.32 Å². The molecule has 35 heavy (non-hydrogen) atoms. The lowest BCUT2D eigenvalue weighted by Gasteiger charge is -2.37. The van der Waals surface area contributed by atoms with Gasteiger partial charge in [0.1, 0.15) is 17.7 Å². The van der Waals surface area contributed by atoms with Gasteiger partial charge in [0, 0.05) is 11.7 Å². The number of ether oxygens (including phenoxy) is 1. The SMILES string of the molecule is CCC(C)N(C(=O)C(C)NC(=O)OC(C)(C)C)C(C(=O)Nc1ccccc1C)c1ccc(C)cc1. The number of rotatable bonds is 8. The molecule has 190 valence electrons. The zero-order chi connectivity index (χ0) is 26.3. The minimum Gasteiger partial charge on any atom is -0.444 e. The van der Waals surface area contributed by atoms with Crippen LogP contribution >= 0.6 is 0 Å². The minimum absolute atomic E-state index is 0.265. The number of carbonyl (C=O) groups is 3. The topological polar surface area (TPSA) is 87.7 Å². The first kappa shape index (κ1) is 27.9. The van der Waals surface area contributed by atoms with Gasteiger partial charge in [-0.1, -0.05) is 55.0 Å². The van der Waals surface area contributed by atoms with Gasteiger partial charge in [-0.15, -0.1) is 0 Å². The summed E-state index contributed by atoms with van der Waals surface area (Å²) < 4.78 is 5.32. The van der Waals surface area contributed by atoms with Gasteiger partial charge in [0.2, 0.25) is 5.91 Å². The third-order valence-electron chi connectivity index (χ3n) is 5.75. The number of hydrogen-bond donors (Lipinski definition) is 2. The van der Waals surface area contributed by atoms with E-state index < -0.39 is 23.8 Å². The van der Waals surface area contributed by atoms with E-state index in [0.29, 0.717) is 17.7 Å². The maximum atomic E-state index is 13.7. The highest BCUT2D eigenvalue weighted by Crippen LogP contribution is 2.28. The summed E-state index contributed by atoms with van der Waals surface area (Å²) in [5, 5.41) is 5.63. The molecule has 3 unspecified atom stereocenters. The van der Waals surface area contributed by atoms with Crippen molar-refractivity contribution in [2.45, 2.75) is 85.5 Å². The molecule has 0 heterocycles. The molecule has 0 spiro atoms. The van der Waals surface area contributed by atoms with E-state index in [4.69, 9.17) is 4.74 Å². The Hall–Kier alpha value is -3.35. The van der Waals surface area contributed by atoms with Crippen molar-refractivity contribution in [1.82, 2.24) is 10.2 Å². The molecule has 2 rings (SSSR count). The molecule has 2 aromatic carbocycles. The summed E-state index contributed by atoms with van der Waals surface area (Å²) in [6.07, 6.45) is -0.0519. The normalized spacial score (nSPS) is 13.8. The van der Waals surface area contributed by atoms with Gasteiger partial charge < -0.3 is 20.3 Å². The molecular weight excluding hydrogens is 442 g/mol. The molecule has 2 N–H and O–H groups in total. The molecule has 0 radical (unpaired) electrons. The van der Waals surface area contributed by atoms with E-state index in [1.54, 1.807) is 32.6 Å². The molecule has 0 aromatic heterocycles. The molecule has 0 aliphatic rings. The van der Waals surface area contributed by atoms with Gasteiger partial charge in [0.05, 0.1) is 0 Å². The van der Waals surface area contributed by atoms with Crippen LogP contribution in [0.2, 0.25) is 0 Å². The monoisotopic (exact) mass is 481 g/mol. The van der Waals surface area contributed by atoms with Gasteiger partial charge in [-0.2, -0.15) is 0 Å². The van der Waals surface area contributed by atoms with E-state index in [2.05, 4.69) is 10.6 Å². The van der Waals surface area contributed by atoms with Crippen molar-refractivity contribution in [3.05, 3.63) is 65.2 Å². The second-order valence-corrected chi connectivity index (χ2v) is 9.99. The largest absolute Gasteiger partial charge is 0.444 e. The number of alkyl carbamates (subject to hydrolysis) is 1. The van der Waals surface area contributed by atoms with Gasteiger partial charge in [-0.05, 0) is 72.1 Å². The molecule has 3 atom stereocenters. The number of hydrogen-bond acceptors (Lipinski definition) is 4. The predicted molar refractivity (Wildman–Crippen MR) is 139 cm³/mol. The zero-order valence-corrected chi connectivity index (χ0v) is 22.1. The Kier molecular flexibility index (Phi) is 9.46. The first-order chi connectivity index (χ1) is 16.3. The first-order valence-corrected chi connectivity index (χ1v) is 12.1. The molecule has 0 bridgehead atoms. The number of aryl methyl sites for hydroxylation is 2. The van der Waals surface area contributed by atoms with Crippen molar-refractivity contribution in [3.63, 3.8) is 0 Å². The standard InChI is InChI=1S/C28H39N3O4/c1-9-20(4)31(26(33)21(5)29-27(34)35-28(6,7)8)24(22-16-14-18(2)15-17-22)25(32)30-23-13-11-10-12-19(23)3/h10-17,20-21,24H,9H2,1-8H3,(H,29,34)(H,30,32). The maximum Gasteiger partial charge on any atom is 0.408 e. The molecule has 7 heteroatoms. The molecule has 2 aromatic rings. The highest BCUT2D eigenvalue weighted by atomic mass is 16.6. The summed E-state index contributed by atoms with van der Waals surface area (Å²) in [7, 11) is 0. The fourth-order valence-electron chi connectivity index (χ4n) is 3.67. The summed E-state index contributed by atoms with van der Waals surface area (Å²) >= 11 is 0. The van der Waals surface area contributed by atoms with Crippen LogP contribution in [0.1, 0.15) is 70.7 Å². The predicted octanol–water partition coefficient (Wildman–Crippen LogP) is 5.52. The molecule has 3 amide bonds. The highest BCUT2D eigenvalue weighted by Gasteiger charge is 2.37. The molecule has 0 saturated heterocycles. The van der Waals surface area contributed by atoms with Crippen molar-refractivity contribution in [3.8, 4) is 0 Å². The Balaban J connectivity index is 2.45. The summed E-state index contributed by atoms with van der Waals surface area (Å²) in [5.74, 6) is -0.683. The van der Waals surface area contributed by atoms with Gasteiger partial charge in [-0.25, -0.2) is 4.79 Å². The van der Waals surface area contributed by atoms with Gasteiger partial charge >= 0.3 is 6.09 Å². The fourth-order valence-corrected chi connectivity index (χ4v) is 3.67. The van der Waals surface area contributed by atoms with E-state index in [1.807, 2.05) is 76.2 Å². The van der Waals surface area contributed by atoms with Crippen LogP contribution in [0.3, 0.4) is 0 Å². The Bertz CT molecular complexity index is 1030. The first-order valence-electron chi connectivity index (χ1n) is 12.1. The third-order valence-corrected chi connectivity index (χ3v) is 5.75. The van der Waals surface area contributed by atoms with E-state index in [1.165, 1.54) is 0 Å².